The van der Waals surface area contributed by atoms with Crippen molar-refractivity contribution in [3.8, 4) is 0 Å². The normalized spacial score (nSPS) is 16.4. The van der Waals surface area contributed by atoms with Gasteiger partial charge in [0.05, 0.1) is 12.3 Å². The van der Waals surface area contributed by atoms with Crippen molar-refractivity contribution in [2.24, 2.45) is 5.92 Å². The molecule has 0 spiro atoms. The molecule has 4 nitrogen and oxygen atoms in total. The molecule has 0 radical (unpaired) electrons. The number of hydrogen-bond donors (Lipinski definition) is 1. The third-order valence-corrected chi connectivity index (χ3v) is 4.71. The maximum atomic E-state index is 11.8. The molecule has 5 heteroatoms. The van der Waals surface area contributed by atoms with Gasteiger partial charge in [-0.15, -0.1) is 0 Å². The summed E-state index contributed by atoms with van der Waals surface area (Å²) in [6, 6.07) is 4.25. The third-order valence-electron chi connectivity index (χ3n) is 2.81. The van der Waals surface area contributed by atoms with E-state index in [1.54, 1.807) is 6.07 Å². The van der Waals surface area contributed by atoms with E-state index in [0.29, 0.717) is 18.3 Å². The van der Waals surface area contributed by atoms with Gasteiger partial charge in [-0.2, -0.15) is 0 Å². The van der Waals surface area contributed by atoms with E-state index in [1.807, 2.05) is 19.9 Å². The Morgan fingerprint density at radius 1 is 1.33 bits per heavy atom. The molecule has 0 atom stereocenters. The highest BCUT2D eigenvalue weighted by Gasteiger charge is 2.21. The van der Waals surface area contributed by atoms with Crippen molar-refractivity contribution in [1.82, 2.24) is 5.32 Å². The van der Waals surface area contributed by atoms with Crippen molar-refractivity contribution < 1.29 is 12.8 Å². The molecule has 0 saturated heterocycles. The predicted molar refractivity (Wildman–Crippen MR) is 70.9 cm³/mol. The zero-order valence-corrected chi connectivity index (χ0v) is 11.8. The molecular formula is C13H21NO3S. The zero-order chi connectivity index (χ0) is 13.2. The van der Waals surface area contributed by atoms with Crippen LogP contribution in [0.4, 0.5) is 0 Å². The first kappa shape index (κ1) is 13.6. The van der Waals surface area contributed by atoms with Crippen molar-refractivity contribution in [3.63, 3.8) is 0 Å². The van der Waals surface area contributed by atoms with Gasteiger partial charge in [0.25, 0.3) is 0 Å². The average Bonchev–Trinajstić information content (AvgIpc) is 2.95. The van der Waals surface area contributed by atoms with Crippen LogP contribution in [0.3, 0.4) is 0 Å². The Bertz CT molecular complexity index is 486. The van der Waals surface area contributed by atoms with Crippen molar-refractivity contribution in [1.29, 1.82) is 0 Å². The molecule has 0 amide bonds. The second kappa shape index (κ2) is 5.45. The molecule has 0 aliphatic heterocycles. The number of rotatable bonds is 7. The molecule has 1 aliphatic rings. The first-order chi connectivity index (χ1) is 8.44. The smallest absolute Gasteiger partial charge is 0.157 e. The minimum absolute atomic E-state index is 0.00854. The Hall–Kier alpha value is -0.810. The summed E-state index contributed by atoms with van der Waals surface area (Å²) in [5.74, 6) is 1.73. The van der Waals surface area contributed by atoms with E-state index in [9.17, 15) is 8.42 Å². The van der Waals surface area contributed by atoms with Crippen LogP contribution >= 0.6 is 0 Å². The molecule has 102 valence electrons. The molecule has 1 saturated carbocycles. The van der Waals surface area contributed by atoms with Gasteiger partial charge in [0.2, 0.25) is 0 Å². The lowest BCUT2D eigenvalue weighted by Gasteiger charge is -2.05. The molecule has 1 N–H and O–H groups in total. The highest BCUT2D eigenvalue weighted by molar-refractivity contribution is 7.90. The summed E-state index contributed by atoms with van der Waals surface area (Å²) in [7, 11) is -3.05. The van der Waals surface area contributed by atoms with Crippen LogP contribution in [0.1, 0.15) is 38.2 Å². The molecule has 0 bridgehead atoms. The second-order valence-corrected chi connectivity index (χ2v) is 7.58. The minimum Gasteiger partial charge on any atom is -0.464 e. The summed E-state index contributed by atoms with van der Waals surface area (Å²) >= 11 is 0. The van der Waals surface area contributed by atoms with Crippen LogP contribution in [-0.4, -0.2) is 20.2 Å². The number of furan rings is 1. The van der Waals surface area contributed by atoms with E-state index < -0.39 is 9.84 Å². The Labute approximate surface area is 109 Å². The van der Waals surface area contributed by atoms with E-state index in [-0.39, 0.29) is 17.4 Å². The van der Waals surface area contributed by atoms with Gasteiger partial charge in [0.15, 0.2) is 9.84 Å². The molecule has 18 heavy (non-hydrogen) atoms. The molecular weight excluding hydrogens is 250 g/mol. The van der Waals surface area contributed by atoms with Gasteiger partial charge in [-0.05, 0) is 30.9 Å². The van der Waals surface area contributed by atoms with E-state index in [1.165, 1.54) is 12.8 Å². The first-order valence-corrected chi connectivity index (χ1v) is 8.28. The second-order valence-electron chi connectivity index (χ2n) is 5.47. The summed E-state index contributed by atoms with van der Waals surface area (Å²) in [6.07, 6.45) is 2.46. The summed E-state index contributed by atoms with van der Waals surface area (Å²) in [6.45, 7) is 4.50. The third kappa shape index (κ3) is 4.46. The van der Waals surface area contributed by atoms with Gasteiger partial charge >= 0.3 is 0 Å². The monoisotopic (exact) mass is 271 g/mol. The lowest BCUT2D eigenvalue weighted by atomic mass is 10.3. The van der Waals surface area contributed by atoms with Crippen LogP contribution in [-0.2, 0) is 22.1 Å². The van der Waals surface area contributed by atoms with E-state index in [4.69, 9.17) is 4.42 Å². The number of hydrogen-bond acceptors (Lipinski definition) is 4. The van der Waals surface area contributed by atoms with E-state index in [0.717, 1.165) is 5.76 Å². The number of nitrogens with one attached hydrogen (secondary N) is 1. The molecule has 0 aromatic carbocycles. The summed E-state index contributed by atoms with van der Waals surface area (Å²) in [5, 5.41) is 3.34. The Morgan fingerprint density at radius 3 is 2.61 bits per heavy atom. The van der Waals surface area contributed by atoms with E-state index in [2.05, 4.69) is 5.32 Å². The van der Waals surface area contributed by atoms with Crippen LogP contribution < -0.4 is 5.32 Å². The molecule has 2 rings (SSSR count). The minimum atomic E-state index is -3.05. The van der Waals surface area contributed by atoms with Crippen LogP contribution in [0, 0.1) is 5.92 Å². The molecule has 1 aliphatic carbocycles. The van der Waals surface area contributed by atoms with Gasteiger partial charge in [0.1, 0.15) is 17.3 Å². The van der Waals surface area contributed by atoms with Gasteiger partial charge in [-0.1, -0.05) is 13.8 Å². The molecule has 1 fully saturated rings. The van der Waals surface area contributed by atoms with Crippen molar-refractivity contribution >= 4 is 9.84 Å². The van der Waals surface area contributed by atoms with Crippen molar-refractivity contribution in [2.75, 3.05) is 5.75 Å². The highest BCUT2D eigenvalue weighted by Crippen LogP contribution is 2.20. The fourth-order valence-electron chi connectivity index (χ4n) is 1.91. The van der Waals surface area contributed by atoms with Crippen LogP contribution in [0.15, 0.2) is 16.5 Å². The Morgan fingerprint density at radius 2 is 2.00 bits per heavy atom. The fourth-order valence-corrected chi connectivity index (χ4v) is 3.63. The van der Waals surface area contributed by atoms with E-state index >= 15 is 0 Å². The maximum absolute atomic E-state index is 11.8. The molecule has 1 heterocycles. The fraction of sp³-hybridized carbons (Fsp3) is 0.692. The largest absolute Gasteiger partial charge is 0.464 e. The van der Waals surface area contributed by atoms with Gasteiger partial charge in [-0.3, -0.25) is 0 Å². The SMILES string of the molecule is CC(C)CS(=O)(=O)Cc1ccc(CNC2CC2)o1. The molecule has 0 unspecified atom stereocenters. The average molecular weight is 271 g/mol. The van der Waals surface area contributed by atoms with Crippen LogP contribution in [0.5, 0.6) is 0 Å². The van der Waals surface area contributed by atoms with Crippen molar-refractivity contribution in [3.05, 3.63) is 23.7 Å². The molecule has 1 aromatic rings. The van der Waals surface area contributed by atoms with Crippen LogP contribution in [0.2, 0.25) is 0 Å². The van der Waals surface area contributed by atoms with Crippen LogP contribution in [0.25, 0.3) is 0 Å². The number of sulfone groups is 1. The Kier molecular flexibility index (Phi) is 4.12. The Balaban J connectivity index is 1.88. The standard InChI is InChI=1S/C13H21NO3S/c1-10(2)8-18(15,16)9-13-6-5-12(17-13)7-14-11-3-4-11/h5-6,10-11,14H,3-4,7-9H2,1-2H3. The topological polar surface area (TPSA) is 59.3 Å². The summed E-state index contributed by atoms with van der Waals surface area (Å²) < 4.78 is 29.2. The lowest BCUT2D eigenvalue weighted by Crippen LogP contribution is -2.15. The summed E-state index contributed by atoms with van der Waals surface area (Å²) in [4.78, 5) is 0. The lowest BCUT2D eigenvalue weighted by molar-refractivity contribution is 0.455. The first-order valence-electron chi connectivity index (χ1n) is 6.46. The maximum Gasteiger partial charge on any atom is 0.157 e. The van der Waals surface area contributed by atoms with Gasteiger partial charge in [0, 0.05) is 6.04 Å². The zero-order valence-electron chi connectivity index (χ0n) is 11.0. The quantitative estimate of drug-likeness (QED) is 0.825. The highest BCUT2D eigenvalue weighted by atomic mass is 32.2. The summed E-state index contributed by atoms with van der Waals surface area (Å²) in [5.41, 5.74) is 0. The predicted octanol–water partition coefficient (Wildman–Crippen LogP) is 2.10. The molecule has 1 aromatic heterocycles. The van der Waals surface area contributed by atoms with Gasteiger partial charge in [-0.25, -0.2) is 8.42 Å². The van der Waals surface area contributed by atoms with Gasteiger partial charge < -0.3 is 9.73 Å². The van der Waals surface area contributed by atoms with Crippen molar-refractivity contribution in [2.45, 2.75) is 45.0 Å².